The maximum absolute atomic E-state index is 13.3. The van der Waals surface area contributed by atoms with E-state index in [9.17, 15) is 9.59 Å². The van der Waals surface area contributed by atoms with Gasteiger partial charge in [-0.2, -0.15) is 0 Å². The minimum absolute atomic E-state index is 0.0137. The maximum atomic E-state index is 13.3. The van der Waals surface area contributed by atoms with Crippen molar-refractivity contribution < 1.29 is 23.8 Å². The quantitative estimate of drug-likeness (QED) is 0.678. The van der Waals surface area contributed by atoms with Crippen molar-refractivity contribution in [3.8, 4) is 11.5 Å². The number of carbonyl (C=O) groups excluding carboxylic acids is 2. The van der Waals surface area contributed by atoms with E-state index in [-0.39, 0.29) is 17.9 Å². The number of ether oxygens (including phenoxy) is 3. The number of rotatable bonds is 7. The number of carbonyl (C=O) groups is 2. The van der Waals surface area contributed by atoms with E-state index >= 15 is 0 Å². The minimum Gasteiger partial charge on any atom is -0.493 e. The molecule has 2 aromatic carbocycles. The van der Waals surface area contributed by atoms with Gasteiger partial charge in [-0.3, -0.25) is 9.59 Å². The number of anilines is 1. The fraction of sp³-hybridized carbons (Fsp3) is 0.360. The molecule has 32 heavy (non-hydrogen) atoms. The van der Waals surface area contributed by atoms with Gasteiger partial charge in [0.1, 0.15) is 5.60 Å². The van der Waals surface area contributed by atoms with Crippen molar-refractivity contribution in [1.82, 2.24) is 4.90 Å². The highest BCUT2D eigenvalue weighted by Crippen LogP contribution is 2.52. The van der Waals surface area contributed by atoms with Gasteiger partial charge < -0.3 is 24.4 Å². The summed E-state index contributed by atoms with van der Waals surface area (Å²) in [4.78, 5) is 28.4. The van der Waals surface area contributed by atoms with Crippen LogP contribution in [0.3, 0.4) is 0 Å². The van der Waals surface area contributed by atoms with E-state index in [0.29, 0.717) is 30.3 Å². The Bertz CT molecular complexity index is 1070. The zero-order valence-corrected chi connectivity index (χ0v) is 18.1. The molecule has 3 aliphatic heterocycles. The number of methoxy groups -OCH3 is 2. The molecule has 3 aliphatic rings. The Morgan fingerprint density at radius 3 is 2.69 bits per heavy atom. The predicted molar refractivity (Wildman–Crippen MR) is 119 cm³/mol. The lowest BCUT2D eigenvalue weighted by Crippen LogP contribution is -2.41. The zero-order chi connectivity index (χ0) is 22.3. The van der Waals surface area contributed by atoms with Gasteiger partial charge in [-0.05, 0) is 24.1 Å². The van der Waals surface area contributed by atoms with Crippen LogP contribution in [0, 0.1) is 11.8 Å². The highest BCUT2D eigenvalue weighted by molar-refractivity contribution is 5.99. The van der Waals surface area contributed by atoms with Gasteiger partial charge >= 0.3 is 0 Å². The van der Waals surface area contributed by atoms with E-state index in [1.54, 1.807) is 32.4 Å². The van der Waals surface area contributed by atoms with E-state index in [1.807, 2.05) is 35.3 Å². The molecule has 0 aromatic heterocycles. The lowest BCUT2D eigenvalue weighted by atomic mass is 9.77. The number of hydrogen-bond acceptors (Lipinski definition) is 5. The van der Waals surface area contributed by atoms with Crippen LogP contribution in [0.2, 0.25) is 0 Å². The van der Waals surface area contributed by atoms with Crippen LogP contribution in [0.25, 0.3) is 0 Å². The fourth-order valence-electron chi connectivity index (χ4n) is 5.12. The summed E-state index contributed by atoms with van der Waals surface area (Å²) >= 11 is 0. The molecule has 3 heterocycles. The second-order valence-electron chi connectivity index (χ2n) is 8.45. The molecule has 2 amide bonds. The summed E-state index contributed by atoms with van der Waals surface area (Å²) in [7, 11) is 3.10. The summed E-state index contributed by atoms with van der Waals surface area (Å²) in [5.74, 6) is -0.210. The molecule has 5 rings (SSSR count). The van der Waals surface area contributed by atoms with E-state index in [1.165, 1.54) is 5.56 Å². The largest absolute Gasteiger partial charge is 0.493 e. The van der Waals surface area contributed by atoms with Crippen LogP contribution in [-0.4, -0.2) is 55.7 Å². The van der Waals surface area contributed by atoms with Crippen LogP contribution >= 0.6 is 0 Å². The molecular formula is C25H26N2O5. The summed E-state index contributed by atoms with van der Waals surface area (Å²) in [5.41, 5.74) is 1.05. The first-order valence-corrected chi connectivity index (χ1v) is 10.8. The van der Waals surface area contributed by atoms with Gasteiger partial charge in [-0.15, -0.1) is 0 Å². The monoisotopic (exact) mass is 434 g/mol. The van der Waals surface area contributed by atoms with Crippen molar-refractivity contribution in [3.05, 3.63) is 66.2 Å². The Morgan fingerprint density at radius 2 is 1.94 bits per heavy atom. The fourth-order valence-corrected chi connectivity index (χ4v) is 5.12. The summed E-state index contributed by atoms with van der Waals surface area (Å²) in [6.07, 6.45) is 4.28. The third-order valence-electron chi connectivity index (χ3n) is 6.65. The average molecular weight is 434 g/mol. The second kappa shape index (κ2) is 7.98. The topological polar surface area (TPSA) is 77.1 Å². The van der Waals surface area contributed by atoms with Crippen LogP contribution in [0.5, 0.6) is 11.5 Å². The Kier molecular flexibility index (Phi) is 5.13. The normalized spacial score (nSPS) is 27.5. The van der Waals surface area contributed by atoms with Gasteiger partial charge in [0.15, 0.2) is 11.5 Å². The summed E-state index contributed by atoms with van der Waals surface area (Å²) < 4.78 is 16.8. The number of hydrogen-bond donors (Lipinski definition) is 1. The van der Waals surface area contributed by atoms with E-state index in [0.717, 1.165) is 6.42 Å². The first kappa shape index (κ1) is 20.6. The third-order valence-corrected chi connectivity index (χ3v) is 6.65. The van der Waals surface area contributed by atoms with Crippen LogP contribution in [-0.2, 0) is 20.7 Å². The van der Waals surface area contributed by atoms with E-state index < -0.39 is 17.4 Å². The van der Waals surface area contributed by atoms with Crippen molar-refractivity contribution in [2.75, 3.05) is 32.6 Å². The highest BCUT2D eigenvalue weighted by Gasteiger charge is 2.66. The standard InChI is InChI=1S/C25H26N2O5/c1-30-18-9-8-17(14-20(18)31-2)26-23(28)21-19-10-12-25(32-19)15-27(24(29)22(21)25)13-11-16-6-4-3-5-7-16/h3-10,12,14,19,21-22H,11,13,15H2,1-2H3,(H,26,28)/t19?,21?,22?,25-/m1/s1. The van der Waals surface area contributed by atoms with Crippen LogP contribution < -0.4 is 14.8 Å². The molecule has 0 radical (unpaired) electrons. The lowest BCUT2D eigenvalue weighted by Gasteiger charge is -2.23. The number of nitrogens with zero attached hydrogens (tertiary/aromatic N) is 1. The molecule has 2 saturated heterocycles. The van der Waals surface area contributed by atoms with Crippen LogP contribution in [0.4, 0.5) is 5.69 Å². The summed E-state index contributed by atoms with van der Waals surface area (Å²) in [5, 5.41) is 2.94. The van der Waals surface area contributed by atoms with Crippen molar-refractivity contribution in [1.29, 1.82) is 0 Å². The Labute approximate surface area is 186 Å². The van der Waals surface area contributed by atoms with Gasteiger partial charge in [0.2, 0.25) is 11.8 Å². The van der Waals surface area contributed by atoms with E-state index in [4.69, 9.17) is 14.2 Å². The molecule has 2 aromatic rings. The van der Waals surface area contributed by atoms with Crippen molar-refractivity contribution in [2.24, 2.45) is 11.8 Å². The average Bonchev–Trinajstić information content (AvgIpc) is 3.46. The van der Waals surface area contributed by atoms with Gasteiger partial charge in [-0.1, -0.05) is 42.5 Å². The molecule has 0 saturated carbocycles. The summed E-state index contributed by atoms with van der Waals surface area (Å²) in [6, 6.07) is 15.3. The number of benzene rings is 2. The van der Waals surface area contributed by atoms with Crippen LogP contribution in [0.15, 0.2) is 60.7 Å². The van der Waals surface area contributed by atoms with Crippen molar-refractivity contribution in [2.45, 2.75) is 18.1 Å². The maximum Gasteiger partial charge on any atom is 0.231 e. The molecule has 1 spiro atoms. The van der Waals surface area contributed by atoms with Gasteiger partial charge in [0, 0.05) is 18.3 Å². The Hall–Kier alpha value is -3.32. The molecule has 7 heteroatoms. The summed E-state index contributed by atoms with van der Waals surface area (Å²) in [6.45, 7) is 1.09. The molecule has 1 N–H and O–H groups in total. The van der Waals surface area contributed by atoms with Gasteiger partial charge in [-0.25, -0.2) is 0 Å². The molecule has 7 nitrogen and oxygen atoms in total. The second-order valence-corrected chi connectivity index (χ2v) is 8.45. The lowest BCUT2D eigenvalue weighted by molar-refractivity contribution is -0.135. The molecule has 4 atom stereocenters. The number of fused-ring (bicyclic) bond motifs is 1. The van der Waals surface area contributed by atoms with Crippen LogP contribution in [0.1, 0.15) is 5.56 Å². The predicted octanol–water partition coefficient (Wildman–Crippen LogP) is 2.67. The first-order valence-electron chi connectivity index (χ1n) is 10.8. The number of nitrogens with one attached hydrogen (secondary N) is 1. The smallest absolute Gasteiger partial charge is 0.231 e. The number of likely N-dealkylation sites (tertiary alicyclic amines) is 1. The molecule has 0 aliphatic carbocycles. The molecule has 2 fully saturated rings. The Morgan fingerprint density at radius 1 is 1.16 bits per heavy atom. The van der Waals surface area contributed by atoms with Crippen molar-refractivity contribution in [3.63, 3.8) is 0 Å². The molecule has 2 bridgehead atoms. The molecule has 166 valence electrons. The third kappa shape index (κ3) is 3.33. The highest BCUT2D eigenvalue weighted by atomic mass is 16.5. The first-order chi connectivity index (χ1) is 15.5. The van der Waals surface area contributed by atoms with Crippen molar-refractivity contribution >= 4 is 17.5 Å². The van der Waals surface area contributed by atoms with Gasteiger partial charge in [0.05, 0.1) is 38.7 Å². The molecular weight excluding hydrogens is 408 g/mol. The molecule has 3 unspecified atom stereocenters. The minimum atomic E-state index is -0.710. The Balaban J connectivity index is 1.32. The number of amides is 2. The van der Waals surface area contributed by atoms with E-state index in [2.05, 4.69) is 17.4 Å². The SMILES string of the molecule is COc1ccc(NC(=O)C2C3C=C[C@]4(CN(CCc5ccccc5)C(=O)C24)O3)cc1OC. The van der Waals surface area contributed by atoms with Gasteiger partial charge in [0.25, 0.3) is 0 Å². The zero-order valence-electron chi connectivity index (χ0n) is 18.1.